The van der Waals surface area contributed by atoms with E-state index < -0.39 is 0 Å². The van der Waals surface area contributed by atoms with Crippen LogP contribution in [0.4, 0.5) is 0 Å². The van der Waals surface area contributed by atoms with Crippen LogP contribution < -0.4 is 0 Å². The molecule has 0 aliphatic rings. The van der Waals surface area contributed by atoms with Crippen molar-refractivity contribution < 1.29 is 1.43 Å². The summed E-state index contributed by atoms with van der Waals surface area (Å²) in [6.07, 6.45) is 3.67. The van der Waals surface area contributed by atoms with E-state index in [1.54, 1.807) is 0 Å². The van der Waals surface area contributed by atoms with Gasteiger partial charge >= 0.3 is 0 Å². The lowest BCUT2D eigenvalue weighted by atomic mass is 10.1. The number of hydrogen-bond acceptors (Lipinski definition) is 0. The topological polar surface area (TPSA) is 15.8 Å². The zero-order valence-corrected chi connectivity index (χ0v) is 7.38. The Bertz CT molecular complexity index is 468. The molecular formula is C12H13N. The van der Waals surface area contributed by atoms with Crippen molar-refractivity contribution in [1.29, 1.82) is 0 Å². The van der Waals surface area contributed by atoms with Crippen molar-refractivity contribution >= 4 is 23.1 Å². The van der Waals surface area contributed by atoms with Gasteiger partial charge in [-0.2, -0.15) is 0 Å². The Kier molecular flexibility index (Phi) is 1.78. The smallest absolute Gasteiger partial charge is 0.0464 e. The molecule has 0 saturated heterocycles. The third-order valence-corrected chi connectivity index (χ3v) is 2.18. The molecule has 0 radical (unpaired) electrons. The first-order chi connectivity index (χ1) is 6.36. The normalized spacial score (nSPS) is 10.2. The lowest BCUT2D eigenvalue weighted by Gasteiger charge is -1.90. The van der Waals surface area contributed by atoms with Crippen molar-refractivity contribution in [2.75, 3.05) is 0 Å². The van der Waals surface area contributed by atoms with Crippen LogP contribution in [0.1, 0.15) is 12.7 Å². The molecule has 1 N–H and O–H groups in total. The van der Waals surface area contributed by atoms with E-state index in [4.69, 9.17) is 0 Å². The average Bonchev–Trinajstić information content (AvgIpc) is 2.55. The Balaban J connectivity index is 0.000000980. The van der Waals surface area contributed by atoms with Crippen LogP contribution in [-0.2, 0) is 0 Å². The number of hydrogen-bond donors (Lipinski definition) is 1. The number of para-hydroxylation sites is 1. The lowest BCUT2D eigenvalue weighted by molar-refractivity contribution is 1.43. The summed E-state index contributed by atoms with van der Waals surface area (Å²) in [4.78, 5) is 3.28. The maximum Gasteiger partial charge on any atom is 0.0464 e. The molecular weight excluding hydrogens is 158 g/mol. The van der Waals surface area contributed by atoms with Crippen LogP contribution in [0.15, 0.2) is 37.4 Å². The van der Waals surface area contributed by atoms with Crippen LogP contribution in [0.3, 0.4) is 0 Å². The highest BCUT2D eigenvalue weighted by molar-refractivity contribution is 5.92. The number of aromatic amines is 1. The van der Waals surface area contributed by atoms with E-state index in [9.17, 15) is 0 Å². The molecule has 1 heteroatoms. The highest BCUT2D eigenvalue weighted by Crippen LogP contribution is 2.23. The van der Waals surface area contributed by atoms with Gasteiger partial charge in [0.2, 0.25) is 0 Å². The van der Waals surface area contributed by atoms with Crippen LogP contribution in [0.2, 0.25) is 0 Å². The number of nitrogens with one attached hydrogen (secondary N) is 1. The highest BCUT2D eigenvalue weighted by atomic mass is 14.7. The predicted octanol–water partition coefficient (Wildman–Crippen LogP) is 3.70. The molecule has 2 aromatic rings. The van der Waals surface area contributed by atoms with Gasteiger partial charge in [0.15, 0.2) is 0 Å². The standard InChI is InChI=1S/C12H11N.H2/c1-3-9-10-7-5-6-8-12(10)13-11(9)4-2;/h3-8,13H,1-2H2;1H. The maximum absolute atomic E-state index is 3.79. The Morgan fingerprint density at radius 3 is 2.62 bits per heavy atom. The number of aromatic nitrogens is 1. The fourth-order valence-electron chi connectivity index (χ4n) is 1.57. The molecule has 0 aliphatic heterocycles. The van der Waals surface area contributed by atoms with Crippen LogP contribution in [-0.4, -0.2) is 4.98 Å². The average molecular weight is 171 g/mol. The molecule has 0 amide bonds. The minimum atomic E-state index is 0. The van der Waals surface area contributed by atoms with Gasteiger partial charge in [0, 0.05) is 23.6 Å². The zero-order chi connectivity index (χ0) is 9.26. The Labute approximate surface area is 78.9 Å². The molecule has 1 heterocycles. The van der Waals surface area contributed by atoms with E-state index in [1.165, 1.54) is 5.39 Å². The fraction of sp³-hybridized carbons (Fsp3) is 0. The first kappa shape index (κ1) is 7.87. The van der Waals surface area contributed by atoms with Crippen molar-refractivity contribution in [2.45, 2.75) is 0 Å². The molecule has 0 unspecified atom stereocenters. The Morgan fingerprint density at radius 2 is 1.92 bits per heavy atom. The molecule has 2 rings (SSSR count). The third-order valence-electron chi connectivity index (χ3n) is 2.18. The van der Waals surface area contributed by atoms with Gasteiger partial charge in [-0.1, -0.05) is 37.4 Å². The first-order valence-electron chi connectivity index (χ1n) is 4.22. The van der Waals surface area contributed by atoms with Crippen molar-refractivity contribution in [3.05, 3.63) is 48.7 Å². The minimum absolute atomic E-state index is 0. The summed E-state index contributed by atoms with van der Waals surface area (Å²) >= 11 is 0. The highest BCUT2D eigenvalue weighted by Gasteiger charge is 2.03. The van der Waals surface area contributed by atoms with Crippen LogP contribution in [0.25, 0.3) is 23.1 Å². The minimum Gasteiger partial charge on any atom is -0.355 e. The zero-order valence-electron chi connectivity index (χ0n) is 7.38. The van der Waals surface area contributed by atoms with Gasteiger partial charge in [-0.15, -0.1) is 0 Å². The van der Waals surface area contributed by atoms with Gasteiger partial charge in [0.25, 0.3) is 0 Å². The predicted molar refractivity (Wildman–Crippen MR) is 60.6 cm³/mol. The maximum atomic E-state index is 3.79. The molecule has 66 valence electrons. The molecule has 0 atom stereocenters. The molecule has 0 bridgehead atoms. The number of H-pyrrole nitrogens is 1. The van der Waals surface area contributed by atoms with Crippen molar-refractivity contribution in [3.8, 4) is 0 Å². The fourth-order valence-corrected chi connectivity index (χ4v) is 1.57. The second kappa shape index (κ2) is 2.94. The van der Waals surface area contributed by atoms with Gasteiger partial charge in [-0.05, 0) is 12.1 Å². The van der Waals surface area contributed by atoms with Crippen molar-refractivity contribution in [2.24, 2.45) is 0 Å². The lowest BCUT2D eigenvalue weighted by Crippen LogP contribution is -1.72. The summed E-state index contributed by atoms with van der Waals surface area (Å²) in [6, 6.07) is 8.17. The van der Waals surface area contributed by atoms with Crippen molar-refractivity contribution in [1.82, 2.24) is 4.98 Å². The number of fused-ring (bicyclic) bond motifs is 1. The van der Waals surface area contributed by atoms with Gasteiger partial charge in [0.1, 0.15) is 0 Å². The van der Waals surface area contributed by atoms with E-state index in [-0.39, 0.29) is 1.43 Å². The largest absolute Gasteiger partial charge is 0.355 e. The molecule has 1 aromatic heterocycles. The third kappa shape index (κ3) is 1.09. The van der Waals surface area contributed by atoms with Crippen molar-refractivity contribution in [3.63, 3.8) is 0 Å². The monoisotopic (exact) mass is 171 g/mol. The van der Waals surface area contributed by atoms with E-state index in [2.05, 4.69) is 30.3 Å². The van der Waals surface area contributed by atoms with Crippen LogP contribution in [0.5, 0.6) is 0 Å². The molecule has 0 fully saturated rings. The Hall–Kier alpha value is -1.76. The first-order valence-corrected chi connectivity index (χ1v) is 4.22. The van der Waals surface area contributed by atoms with E-state index in [0.717, 1.165) is 16.8 Å². The molecule has 1 aromatic carbocycles. The molecule has 0 saturated carbocycles. The Morgan fingerprint density at radius 1 is 1.15 bits per heavy atom. The van der Waals surface area contributed by atoms with E-state index in [1.807, 2.05) is 24.3 Å². The molecule has 0 aliphatic carbocycles. The summed E-state index contributed by atoms with van der Waals surface area (Å²) < 4.78 is 0. The van der Waals surface area contributed by atoms with Gasteiger partial charge in [-0.3, -0.25) is 0 Å². The van der Waals surface area contributed by atoms with E-state index >= 15 is 0 Å². The second-order valence-electron chi connectivity index (χ2n) is 2.91. The van der Waals surface area contributed by atoms with Gasteiger partial charge in [-0.25, -0.2) is 0 Å². The van der Waals surface area contributed by atoms with Crippen LogP contribution >= 0.6 is 0 Å². The van der Waals surface area contributed by atoms with Crippen LogP contribution in [0, 0.1) is 0 Å². The molecule has 13 heavy (non-hydrogen) atoms. The quantitative estimate of drug-likeness (QED) is 0.709. The second-order valence-corrected chi connectivity index (χ2v) is 2.91. The van der Waals surface area contributed by atoms with Gasteiger partial charge < -0.3 is 4.98 Å². The summed E-state index contributed by atoms with van der Waals surface area (Å²) in [7, 11) is 0. The summed E-state index contributed by atoms with van der Waals surface area (Å²) in [5.41, 5.74) is 3.30. The van der Waals surface area contributed by atoms with E-state index in [0.29, 0.717) is 0 Å². The molecule has 1 nitrogen and oxygen atoms in total. The summed E-state index contributed by atoms with van der Waals surface area (Å²) in [5.74, 6) is 0. The summed E-state index contributed by atoms with van der Waals surface area (Å²) in [5, 5.41) is 1.20. The SMILES string of the molecule is C=Cc1[nH]c2ccccc2c1C=C.[HH]. The molecule has 0 spiro atoms. The summed E-state index contributed by atoms with van der Waals surface area (Å²) in [6.45, 7) is 7.55. The number of benzene rings is 1. The van der Waals surface area contributed by atoms with Gasteiger partial charge in [0.05, 0.1) is 0 Å². The number of rotatable bonds is 2.